The summed E-state index contributed by atoms with van der Waals surface area (Å²) in [5.74, 6) is -0.449. The molecule has 0 aliphatic rings. The van der Waals surface area contributed by atoms with E-state index in [9.17, 15) is 9.59 Å². The minimum Gasteiger partial charge on any atom is -0.469 e. The highest BCUT2D eigenvalue weighted by Crippen LogP contribution is 2.05. The molecule has 2 aromatic rings. The molecule has 1 N–H and O–H groups in total. The first-order valence-electron chi connectivity index (χ1n) is 7.06. The Hall–Kier alpha value is -3.07. The summed E-state index contributed by atoms with van der Waals surface area (Å²) in [5, 5.41) is 8.77. The number of nitriles is 1. The topological polar surface area (TPSA) is 84.1 Å². The molecule has 0 bridgehead atoms. The van der Waals surface area contributed by atoms with E-state index in [1.165, 1.54) is 11.8 Å². The van der Waals surface area contributed by atoms with Crippen molar-refractivity contribution in [2.24, 2.45) is 0 Å². The summed E-state index contributed by atoms with van der Waals surface area (Å²) in [5.41, 5.74) is 5.40. The van der Waals surface area contributed by atoms with E-state index in [1.54, 1.807) is 31.3 Å². The lowest BCUT2D eigenvalue weighted by Crippen LogP contribution is -2.32. The molecule has 0 radical (unpaired) electrons. The maximum Gasteiger partial charge on any atom is 0.310 e. The highest BCUT2D eigenvalue weighted by molar-refractivity contribution is 5.72. The highest BCUT2D eigenvalue weighted by Gasteiger charge is 2.12. The second-order valence-electron chi connectivity index (χ2n) is 5.05. The molecule has 0 amide bonds. The van der Waals surface area contributed by atoms with Crippen molar-refractivity contribution in [1.29, 1.82) is 5.26 Å². The Balaban J connectivity index is 2.16. The van der Waals surface area contributed by atoms with Crippen molar-refractivity contribution in [3.05, 3.63) is 69.1 Å². The van der Waals surface area contributed by atoms with Crippen molar-refractivity contribution in [2.75, 3.05) is 12.5 Å². The van der Waals surface area contributed by atoms with Crippen LogP contribution < -0.4 is 11.0 Å². The molecule has 6 nitrogen and oxygen atoms in total. The van der Waals surface area contributed by atoms with Gasteiger partial charge in [0.25, 0.3) is 5.56 Å². The molecule has 0 saturated heterocycles. The monoisotopic (exact) mass is 311 g/mol. The number of nitrogens with zero attached hydrogens (tertiary/aromatic N) is 2. The predicted molar refractivity (Wildman–Crippen MR) is 85.4 cm³/mol. The molecule has 0 aliphatic heterocycles. The number of hydrogen-bond acceptors (Lipinski definition) is 5. The molecule has 1 heterocycles. The fourth-order valence-electron chi connectivity index (χ4n) is 2.10. The molecule has 6 heteroatoms. The lowest BCUT2D eigenvalue weighted by atomic mass is 10.1. The minimum absolute atomic E-state index is 0.0550. The molecule has 0 spiro atoms. The number of aryl methyl sites for hydroxylation is 1. The number of pyridine rings is 1. The maximum atomic E-state index is 12.4. The van der Waals surface area contributed by atoms with E-state index in [0.29, 0.717) is 17.7 Å². The van der Waals surface area contributed by atoms with Gasteiger partial charge in [0, 0.05) is 11.8 Å². The Morgan fingerprint density at radius 1 is 1.30 bits per heavy atom. The second-order valence-corrected chi connectivity index (χ2v) is 5.05. The summed E-state index contributed by atoms with van der Waals surface area (Å²) in [6.45, 7) is 2.21. The van der Waals surface area contributed by atoms with Crippen LogP contribution in [-0.4, -0.2) is 17.8 Å². The first kappa shape index (κ1) is 16.3. The Labute approximate surface area is 133 Å². The molecule has 0 saturated carbocycles. The van der Waals surface area contributed by atoms with E-state index in [2.05, 4.69) is 16.2 Å². The zero-order valence-electron chi connectivity index (χ0n) is 13.0. The number of benzene rings is 1. The average molecular weight is 311 g/mol. The van der Waals surface area contributed by atoms with E-state index in [1.807, 2.05) is 12.1 Å². The third kappa shape index (κ3) is 3.98. The zero-order chi connectivity index (χ0) is 16.8. The van der Waals surface area contributed by atoms with Crippen molar-refractivity contribution in [3.8, 4) is 6.07 Å². The lowest BCUT2D eigenvalue weighted by Gasteiger charge is -2.12. The molecule has 118 valence electrons. The lowest BCUT2D eigenvalue weighted by molar-refractivity contribution is -0.139. The molecule has 0 unspecified atom stereocenters. The van der Waals surface area contributed by atoms with Gasteiger partial charge >= 0.3 is 5.97 Å². The van der Waals surface area contributed by atoms with Crippen LogP contribution in [0.2, 0.25) is 0 Å². The number of methoxy groups -OCH3 is 1. The summed E-state index contributed by atoms with van der Waals surface area (Å²) in [7, 11) is 1.29. The van der Waals surface area contributed by atoms with E-state index >= 15 is 0 Å². The van der Waals surface area contributed by atoms with Gasteiger partial charge in [-0.25, -0.2) is 4.68 Å². The first-order chi connectivity index (χ1) is 11.0. The van der Waals surface area contributed by atoms with E-state index in [0.717, 1.165) is 11.1 Å². The third-order valence-electron chi connectivity index (χ3n) is 3.51. The van der Waals surface area contributed by atoms with Crippen LogP contribution in [0.15, 0.2) is 41.3 Å². The van der Waals surface area contributed by atoms with Crippen LogP contribution in [0, 0.1) is 18.3 Å². The van der Waals surface area contributed by atoms with Crippen LogP contribution in [-0.2, 0) is 22.5 Å². The molecule has 23 heavy (non-hydrogen) atoms. The van der Waals surface area contributed by atoms with Gasteiger partial charge in [-0.3, -0.25) is 9.59 Å². The number of nitrogens with one attached hydrogen (secondary N) is 1. The number of ether oxygens (including phenoxy) is 1. The van der Waals surface area contributed by atoms with Crippen LogP contribution >= 0.6 is 0 Å². The maximum absolute atomic E-state index is 12.4. The van der Waals surface area contributed by atoms with Gasteiger partial charge in [0.1, 0.15) is 0 Å². The van der Waals surface area contributed by atoms with Gasteiger partial charge < -0.3 is 10.2 Å². The molecule has 2 rings (SSSR count). The van der Waals surface area contributed by atoms with Crippen molar-refractivity contribution < 1.29 is 9.53 Å². The van der Waals surface area contributed by atoms with E-state index in [4.69, 9.17) is 5.26 Å². The SMILES string of the molecule is COC(=O)Cc1c(C)ccn(NCc2ccc(C#N)cc2)c1=O. The third-order valence-corrected chi connectivity index (χ3v) is 3.51. The van der Waals surface area contributed by atoms with Gasteiger partial charge in [0.05, 0.1) is 31.7 Å². The predicted octanol–water partition coefficient (Wildman–Crippen LogP) is 1.49. The van der Waals surface area contributed by atoms with Gasteiger partial charge in [-0.15, -0.1) is 0 Å². The summed E-state index contributed by atoms with van der Waals surface area (Å²) in [6, 6.07) is 10.9. The standard InChI is InChI=1S/C17H17N3O3/c1-12-7-8-20(17(22)15(12)9-16(21)23-2)19-11-14-5-3-13(10-18)4-6-14/h3-8,19H,9,11H2,1-2H3. The number of hydrogen-bond donors (Lipinski definition) is 1. The Morgan fingerprint density at radius 2 is 2.00 bits per heavy atom. The van der Waals surface area contributed by atoms with Crippen LogP contribution in [0.25, 0.3) is 0 Å². The number of carbonyl (C=O) groups excluding carboxylic acids is 1. The fourth-order valence-corrected chi connectivity index (χ4v) is 2.10. The smallest absolute Gasteiger partial charge is 0.310 e. The molecular weight excluding hydrogens is 294 g/mol. The summed E-state index contributed by atoms with van der Waals surface area (Å²) in [4.78, 5) is 23.8. The minimum atomic E-state index is -0.449. The Morgan fingerprint density at radius 3 is 2.61 bits per heavy atom. The second kappa shape index (κ2) is 7.27. The average Bonchev–Trinajstić information content (AvgIpc) is 2.58. The number of aromatic nitrogens is 1. The van der Waals surface area contributed by atoms with Crippen LogP contribution in [0.1, 0.15) is 22.3 Å². The fraction of sp³-hybridized carbons (Fsp3) is 0.235. The molecule has 1 aromatic heterocycles. The summed E-state index contributed by atoms with van der Waals surface area (Å²) < 4.78 is 5.97. The summed E-state index contributed by atoms with van der Waals surface area (Å²) >= 11 is 0. The summed E-state index contributed by atoms with van der Waals surface area (Å²) in [6.07, 6.45) is 1.57. The van der Waals surface area contributed by atoms with E-state index < -0.39 is 5.97 Å². The van der Waals surface area contributed by atoms with Gasteiger partial charge in [0.15, 0.2) is 0 Å². The van der Waals surface area contributed by atoms with Crippen LogP contribution in [0.5, 0.6) is 0 Å². The molecule has 0 fully saturated rings. The molecule has 0 atom stereocenters. The van der Waals surface area contributed by atoms with Crippen molar-refractivity contribution >= 4 is 5.97 Å². The van der Waals surface area contributed by atoms with Gasteiger partial charge in [-0.1, -0.05) is 12.1 Å². The van der Waals surface area contributed by atoms with E-state index in [-0.39, 0.29) is 12.0 Å². The first-order valence-corrected chi connectivity index (χ1v) is 7.06. The quantitative estimate of drug-likeness (QED) is 0.846. The van der Waals surface area contributed by atoms with Crippen molar-refractivity contribution in [3.63, 3.8) is 0 Å². The Bertz CT molecular complexity index is 801. The highest BCUT2D eigenvalue weighted by atomic mass is 16.5. The van der Waals surface area contributed by atoms with Gasteiger partial charge in [-0.05, 0) is 36.2 Å². The van der Waals surface area contributed by atoms with Gasteiger partial charge in [-0.2, -0.15) is 5.26 Å². The zero-order valence-corrected chi connectivity index (χ0v) is 13.0. The normalized spacial score (nSPS) is 9.96. The van der Waals surface area contributed by atoms with Crippen LogP contribution in [0.4, 0.5) is 0 Å². The van der Waals surface area contributed by atoms with Crippen molar-refractivity contribution in [2.45, 2.75) is 19.9 Å². The number of carbonyl (C=O) groups is 1. The Kier molecular flexibility index (Phi) is 5.15. The number of rotatable bonds is 5. The largest absolute Gasteiger partial charge is 0.469 e. The van der Waals surface area contributed by atoms with Crippen LogP contribution in [0.3, 0.4) is 0 Å². The molecule has 1 aromatic carbocycles. The van der Waals surface area contributed by atoms with Gasteiger partial charge in [0.2, 0.25) is 0 Å². The van der Waals surface area contributed by atoms with Crippen molar-refractivity contribution in [1.82, 2.24) is 4.68 Å². The molecule has 0 aliphatic carbocycles. The molecular formula is C17H17N3O3. The number of esters is 1.